The van der Waals surface area contributed by atoms with Gasteiger partial charge >= 0.3 is 5.97 Å². The third-order valence-electron chi connectivity index (χ3n) is 2.88. The van der Waals surface area contributed by atoms with Crippen molar-refractivity contribution >= 4 is 5.97 Å². The molecule has 74 valence electrons. The fraction of sp³-hybridized carbons (Fsp3) is 0.417. The normalized spacial score (nSPS) is 24.4. The minimum Gasteiger partial charge on any atom is -0.469 e. The second-order valence-electron chi connectivity index (χ2n) is 3.83. The number of carbonyl (C=O) groups excluding carboxylic acids is 1. The van der Waals surface area contributed by atoms with Crippen LogP contribution in [0.5, 0.6) is 0 Å². The Morgan fingerprint density at radius 3 is 2.79 bits per heavy atom. The zero-order valence-electron chi connectivity index (χ0n) is 8.49. The Balaban J connectivity index is 2.13. The number of hydrogen-bond acceptors (Lipinski definition) is 2. The van der Waals surface area contributed by atoms with Crippen LogP contribution in [0.3, 0.4) is 0 Å². The summed E-state index contributed by atoms with van der Waals surface area (Å²) in [6.07, 6.45) is 0.942. The first-order chi connectivity index (χ1) is 6.74. The van der Waals surface area contributed by atoms with Gasteiger partial charge in [0.15, 0.2) is 0 Å². The molecule has 2 atom stereocenters. The maximum Gasteiger partial charge on any atom is 0.309 e. The zero-order chi connectivity index (χ0) is 10.1. The Morgan fingerprint density at radius 1 is 1.43 bits per heavy atom. The number of rotatable bonds is 2. The Labute approximate surface area is 83.9 Å². The van der Waals surface area contributed by atoms with Crippen LogP contribution in [0.15, 0.2) is 24.3 Å². The number of carbonyl (C=O) groups is 1. The molecule has 2 heteroatoms. The van der Waals surface area contributed by atoms with Crippen molar-refractivity contribution in [1.82, 2.24) is 0 Å². The minimum absolute atomic E-state index is 0.0711. The SMILES string of the molecule is COC(=O)[C@H]1C[C@@H]1c1ccccc1C. The van der Waals surface area contributed by atoms with Crippen molar-refractivity contribution in [2.45, 2.75) is 19.3 Å². The standard InChI is InChI=1S/C12H14O2/c1-8-5-3-4-6-9(8)10-7-11(10)12(13)14-2/h3-6,10-11H,7H2,1-2H3/t10-,11+/m1/s1. The predicted octanol–water partition coefficient (Wildman–Crippen LogP) is 2.27. The minimum atomic E-state index is -0.0711. The summed E-state index contributed by atoms with van der Waals surface area (Å²) in [5.41, 5.74) is 2.56. The number of methoxy groups -OCH3 is 1. The summed E-state index contributed by atoms with van der Waals surface area (Å²) in [5.74, 6) is 0.419. The summed E-state index contributed by atoms with van der Waals surface area (Å²) < 4.78 is 4.73. The van der Waals surface area contributed by atoms with Gasteiger partial charge in [0, 0.05) is 0 Å². The van der Waals surface area contributed by atoms with Crippen molar-refractivity contribution in [2.24, 2.45) is 5.92 Å². The van der Waals surface area contributed by atoms with E-state index in [-0.39, 0.29) is 11.9 Å². The molecule has 0 spiro atoms. The molecule has 0 aromatic heterocycles. The predicted molar refractivity (Wildman–Crippen MR) is 54.0 cm³/mol. The highest BCUT2D eigenvalue weighted by molar-refractivity contribution is 5.77. The van der Waals surface area contributed by atoms with Gasteiger partial charge in [0.1, 0.15) is 0 Å². The molecule has 0 saturated heterocycles. The van der Waals surface area contributed by atoms with E-state index >= 15 is 0 Å². The van der Waals surface area contributed by atoms with Gasteiger partial charge in [-0.2, -0.15) is 0 Å². The van der Waals surface area contributed by atoms with Crippen molar-refractivity contribution in [3.05, 3.63) is 35.4 Å². The van der Waals surface area contributed by atoms with Crippen molar-refractivity contribution in [2.75, 3.05) is 7.11 Å². The smallest absolute Gasteiger partial charge is 0.309 e. The average Bonchev–Trinajstić information content (AvgIpc) is 2.97. The molecule has 1 aromatic carbocycles. The van der Waals surface area contributed by atoms with Gasteiger partial charge in [-0.25, -0.2) is 0 Å². The molecule has 1 aliphatic rings. The monoisotopic (exact) mass is 190 g/mol. The van der Waals surface area contributed by atoms with E-state index in [0.29, 0.717) is 5.92 Å². The topological polar surface area (TPSA) is 26.3 Å². The first-order valence-electron chi connectivity index (χ1n) is 4.87. The van der Waals surface area contributed by atoms with Crippen molar-refractivity contribution in [3.8, 4) is 0 Å². The Hall–Kier alpha value is -1.31. The summed E-state index contributed by atoms with van der Waals surface area (Å²) in [5, 5.41) is 0. The van der Waals surface area contributed by atoms with Gasteiger partial charge < -0.3 is 4.74 Å². The lowest BCUT2D eigenvalue weighted by molar-refractivity contribution is -0.142. The molecular weight excluding hydrogens is 176 g/mol. The maximum atomic E-state index is 11.2. The molecule has 1 aliphatic carbocycles. The van der Waals surface area contributed by atoms with Gasteiger partial charge in [-0.1, -0.05) is 24.3 Å². The highest BCUT2D eigenvalue weighted by atomic mass is 16.5. The number of benzene rings is 1. The molecule has 2 nitrogen and oxygen atoms in total. The Kier molecular flexibility index (Phi) is 2.28. The Bertz CT molecular complexity index is 357. The highest BCUT2D eigenvalue weighted by Crippen LogP contribution is 2.48. The second kappa shape index (κ2) is 3.45. The van der Waals surface area contributed by atoms with Crippen LogP contribution in [-0.2, 0) is 9.53 Å². The molecule has 0 N–H and O–H groups in total. The third kappa shape index (κ3) is 1.52. The van der Waals surface area contributed by atoms with Crippen LogP contribution in [0.4, 0.5) is 0 Å². The molecule has 2 rings (SSSR count). The molecule has 14 heavy (non-hydrogen) atoms. The summed E-state index contributed by atoms with van der Waals surface area (Å²) in [7, 11) is 1.45. The maximum absolute atomic E-state index is 11.2. The molecule has 0 amide bonds. The van der Waals surface area contributed by atoms with Gasteiger partial charge in [-0.05, 0) is 30.4 Å². The van der Waals surface area contributed by atoms with E-state index in [2.05, 4.69) is 19.1 Å². The van der Waals surface area contributed by atoms with Crippen molar-refractivity contribution in [1.29, 1.82) is 0 Å². The van der Waals surface area contributed by atoms with E-state index in [1.807, 2.05) is 12.1 Å². The number of hydrogen-bond donors (Lipinski definition) is 0. The molecule has 1 saturated carbocycles. The van der Waals surface area contributed by atoms with Gasteiger partial charge in [-0.15, -0.1) is 0 Å². The summed E-state index contributed by atoms with van der Waals surface area (Å²) >= 11 is 0. The quantitative estimate of drug-likeness (QED) is 0.669. The van der Waals surface area contributed by atoms with Crippen LogP contribution in [0.1, 0.15) is 23.5 Å². The summed E-state index contributed by atoms with van der Waals surface area (Å²) in [4.78, 5) is 11.2. The van der Waals surface area contributed by atoms with Gasteiger partial charge in [0.05, 0.1) is 13.0 Å². The van der Waals surface area contributed by atoms with Crippen LogP contribution in [0.2, 0.25) is 0 Å². The fourth-order valence-electron chi connectivity index (χ4n) is 1.95. The van der Waals surface area contributed by atoms with Crippen molar-refractivity contribution < 1.29 is 9.53 Å². The largest absolute Gasteiger partial charge is 0.469 e. The van der Waals surface area contributed by atoms with Crippen LogP contribution in [0, 0.1) is 12.8 Å². The van der Waals surface area contributed by atoms with E-state index in [0.717, 1.165) is 6.42 Å². The zero-order valence-corrected chi connectivity index (χ0v) is 8.49. The van der Waals surface area contributed by atoms with E-state index in [1.165, 1.54) is 18.2 Å². The Morgan fingerprint density at radius 2 is 2.14 bits per heavy atom. The molecule has 0 unspecified atom stereocenters. The molecule has 1 fully saturated rings. The van der Waals surface area contributed by atoms with Crippen LogP contribution in [-0.4, -0.2) is 13.1 Å². The average molecular weight is 190 g/mol. The van der Waals surface area contributed by atoms with Gasteiger partial charge in [0.2, 0.25) is 0 Å². The molecular formula is C12H14O2. The van der Waals surface area contributed by atoms with Gasteiger partial charge in [0.25, 0.3) is 0 Å². The lowest BCUT2D eigenvalue weighted by Gasteiger charge is -2.03. The molecule has 0 radical (unpaired) electrons. The third-order valence-corrected chi connectivity index (χ3v) is 2.88. The number of aryl methyl sites for hydroxylation is 1. The summed E-state index contributed by atoms with van der Waals surface area (Å²) in [6.45, 7) is 2.09. The first-order valence-corrected chi connectivity index (χ1v) is 4.87. The lowest BCUT2D eigenvalue weighted by Crippen LogP contribution is -2.04. The molecule has 1 aromatic rings. The van der Waals surface area contributed by atoms with E-state index in [1.54, 1.807) is 0 Å². The highest BCUT2D eigenvalue weighted by Gasteiger charge is 2.45. The van der Waals surface area contributed by atoms with Crippen LogP contribution < -0.4 is 0 Å². The molecule has 0 aliphatic heterocycles. The van der Waals surface area contributed by atoms with Crippen molar-refractivity contribution in [3.63, 3.8) is 0 Å². The molecule has 0 bridgehead atoms. The van der Waals surface area contributed by atoms with E-state index in [9.17, 15) is 4.79 Å². The van der Waals surface area contributed by atoms with E-state index < -0.39 is 0 Å². The van der Waals surface area contributed by atoms with Crippen LogP contribution in [0.25, 0.3) is 0 Å². The first kappa shape index (κ1) is 9.25. The molecule has 0 heterocycles. The van der Waals surface area contributed by atoms with Gasteiger partial charge in [-0.3, -0.25) is 4.79 Å². The number of esters is 1. The fourth-order valence-corrected chi connectivity index (χ4v) is 1.95. The van der Waals surface area contributed by atoms with E-state index in [4.69, 9.17) is 4.74 Å². The number of ether oxygens (including phenoxy) is 1. The van der Waals surface area contributed by atoms with Crippen LogP contribution >= 0.6 is 0 Å². The summed E-state index contributed by atoms with van der Waals surface area (Å²) in [6, 6.07) is 8.23. The second-order valence-corrected chi connectivity index (χ2v) is 3.83. The lowest BCUT2D eigenvalue weighted by atomic mass is 10.0.